The average Bonchev–Trinajstić information content (AvgIpc) is 3.08. The molecule has 154 valence electrons. The first-order chi connectivity index (χ1) is 13.7. The summed E-state index contributed by atoms with van der Waals surface area (Å²) in [4.78, 5) is 20.7. The zero-order chi connectivity index (χ0) is 21.2. The van der Waals surface area contributed by atoms with Gasteiger partial charge < -0.3 is 15.2 Å². The van der Waals surface area contributed by atoms with Crippen LogP contribution in [0.2, 0.25) is 0 Å². The second-order valence-corrected chi connectivity index (χ2v) is 7.40. The molecule has 2 N–H and O–H groups in total. The van der Waals surface area contributed by atoms with Crippen molar-refractivity contribution in [1.82, 2.24) is 10.3 Å². The Labute approximate surface area is 167 Å². The normalized spacial score (nSPS) is 14.4. The lowest BCUT2D eigenvalue weighted by molar-refractivity contribution is -0.123. The second-order valence-electron chi connectivity index (χ2n) is 7.40. The van der Waals surface area contributed by atoms with E-state index in [9.17, 15) is 18.7 Å². The van der Waals surface area contributed by atoms with E-state index in [2.05, 4.69) is 15.3 Å². The van der Waals surface area contributed by atoms with Crippen LogP contribution in [0.3, 0.4) is 0 Å². The van der Waals surface area contributed by atoms with Crippen molar-refractivity contribution in [3.8, 4) is 0 Å². The molecule has 0 fully saturated rings. The highest BCUT2D eigenvalue weighted by Gasteiger charge is 2.31. The van der Waals surface area contributed by atoms with Crippen LogP contribution >= 0.6 is 0 Å². The molecule has 1 aliphatic heterocycles. The zero-order valence-corrected chi connectivity index (χ0v) is 16.4. The first kappa shape index (κ1) is 20.9. The van der Waals surface area contributed by atoms with E-state index in [-0.39, 0.29) is 30.1 Å². The predicted molar refractivity (Wildman–Crippen MR) is 104 cm³/mol. The smallest absolute Gasteiger partial charge is 0.281 e. The van der Waals surface area contributed by atoms with Gasteiger partial charge in [-0.3, -0.25) is 9.78 Å². The van der Waals surface area contributed by atoms with Crippen molar-refractivity contribution in [2.75, 3.05) is 7.11 Å². The highest BCUT2D eigenvalue weighted by atomic mass is 19.3. The summed E-state index contributed by atoms with van der Waals surface area (Å²) in [7, 11) is 1.37. The number of alkyl halides is 2. The number of rotatable bonds is 6. The summed E-state index contributed by atoms with van der Waals surface area (Å²) >= 11 is 0. The van der Waals surface area contributed by atoms with E-state index in [0.29, 0.717) is 5.56 Å². The van der Waals surface area contributed by atoms with E-state index in [4.69, 9.17) is 4.74 Å². The van der Waals surface area contributed by atoms with E-state index in [1.54, 1.807) is 32.0 Å². The van der Waals surface area contributed by atoms with Crippen molar-refractivity contribution in [1.29, 1.82) is 0 Å². The maximum absolute atomic E-state index is 13.5. The highest BCUT2D eigenvalue weighted by molar-refractivity contribution is 5.98. The largest absolute Gasteiger partial charge is 0.481 e. The molecule has 6 nitrogen and oxygen atoms in total. The minimum Gasteiger partial charge on any atom is -0.481 e. The summed E-state index contributed by atoms with van der Waals surface area (Å²) in [6, 6.07) is 9.99. The van der Waals surface area contributed by atoms with E-state index < -0.39 is 29.7 Å². The fourth-order valence-electron chi connectivity index (χ4n) is 3.39. The Balaban J connectivity index is 1.83. The standard InChI is InChI=1S/C21H23F2N3O3/c1-21(2,28)18(12-7-5-4-6-8-12)26-15(27)10-14-9-13-11-24-20(29-3)16(13)17(25-14)19(22)23/h4-9,18-19,28H,10-11H2,1-3H3,(H,26,27)/t18-/m0/s1. The minimum absolute atomic E-state index is 0.130. The van der Waals surface area contributed by atoms with Crippen LogP contribution in [0.4, 0.5) is 8.78 Å². The van der Waals surface area contributed by atoms with Gasteiger partial charge in [-0.15, -0.1) is 0 Å². The van der Waals surface area contributed by atoms with Crippen molar-refractivity contribution in [2.24, 2.45) is 4.99 Å². The monoisotopic (exact) mass is 403 g/mol. The molecule has 1 atom stereocenters. The summed E-state index contributed by atoms with van der Waals surface area (Å²) in [5.74, 6) is -0.301. The Bertz CT molecular complexity index is 925. The molecule has 0 radical (unpaired) electrons. The molecule has 1 aliphatic rings. The molecule has 1 aromatic carbocycles. The number of nitrogens with zero attached hydrogens (tertiary/aromatic N) is 2. The number of hydrogen-bond donors (Lipinski definition) is 2. The second kappa shape index (κ2) is 8.24. The molecule has 1 amide bonds. The summed E-state index contributed by atoms with van der Waals surface area (Å²) in [6.07, 6.45) is -3.02. The number of aromatic nitrogens is 1. The quantitative estimate of drug-likeness (QED) is 0.776. The first-order valence-electron chi connectivity index (χ1n) is 9.17. The molecule has 0 spiro atoms. The van der Waals surface area contributed by atoms with E-state index in [1.807, 2.05) is 18.2 Å². The summed E-state index contributed by atoms with van der Waals surface area (Å²) in [6.45, 7) is 3.39. The van der Waals surface area contributed by atoms with Gasteiger partial charge in [-0.1, -0.05) is 30.3 Å². The first-order valence-corrected chi connectivity index (χ1v) is 9.17. The Morgan fingerprint density at radius 2 is 2.00 bits per heavy atom. The fraction of sp³-hybridized carbons (Fsp3) is 0.381. The number of ether oxygens (including phenoxy) is 1. The lowest BCUT2D eigenvalue weighted by atomic mass is 9.91. The van der Waals surface area contributed by atoms with Gasteiger partial charge in [-0.25, -0.2) is 13.8 Å². The van der Waals surface area contributed by atoms with Crippen LogP contribution in [0, 0.1) is 0 Å². The molecule has 29 heavy (non-hydrogen) atoms. The molecule has 1 aromatic heterocycles. The Hall–Kier alpha value is -2.87. The van der Waals surface area contributed by atoms with E-state index in [1.165, 1.54) is 7.11 Å². The number of benzene rings is 1. The molecule has 0 bridgehead atoms. The maximum atomic E-state index is 13.5. The van der Waals surface area contributed by atoms with Gasteiger partial charge in [0, 0.05) is 0 Å². The van der Waals surface area contributed by atoms with Crippen molar-refractivity contribution in [2.45, 2.75) is 44.9 Å². The maximum Gasteiger partial charge on any atom is 0.281 e. The number of pyridine rings is 1. The van der Waals surface area contributed by atoms with Gasteiger partial charge in [0.2, 0.25) is 11.8 Å². The Kier molecular flexibility index (Phi) is 5.93. The fourth-order valence-corrected chi connectivity index (χ4v) is 3.39. The van der Waals surface area contributed by atoms with E-state index in [0.717, 1.165) is 5.56 Å². The molecule has 3 rings (SSSR count). The third-order valence-corrected chi connectivity index (χ3v) is 4.68. The van der Waals surface area contributed by atoms with Gasteiger partial charge in [0.1, 0.15) is 5.69 Å². The van der Waals surface area contributed by atoms with Gasteiger partial charge in [0.15, 0.2) is 0 Å². The summed E-state index contributed by atoms with van der Waals surface area (Å²) < 4.78 is 32.1. The zero-order valence-electron chi connectivity index (χ0n) is 16.4. The number of aliphatic imine (C=N–C) groups is 1. The van der Waals surface area contributed by atoms with Crippen LogP contribution in [0.25, 0.3) is 0 Å². The predicted octanol–water partition coefficient (Wildman–Crippen LogP) is 3.10. The molecule has 0 saturated heterocycles. The third-order valence-electron chi connectivity index (χ3n) is 4.68. The SMILES string of the molecule is COC1=NCc2cc(CC(=O)N[C@@H](c3ccccc3)C(C)(C)O)nc(C(F)F)c21. The summed E-state index contributed by atoms with van der Waals surface area (Å²) in [5.41, 5.74) is 0.0405. The number of carbonyl (C=O) groups excluding carboxylic acids is 1. The topological polar surface area (TPSA) is 83.8 Å². The van der Waals surface area contributed by atoms with Crippen LogP contribution in [-0.4, -0.2) is 34.6 Å². The van der Waals surface area contributed by atoms with E-state index >= 15 is 0 Å². The van der Waals surface area contributed by atoms with Gasteiger partial charge in [0.25, 0.3) is 6.43 Å². The molecule has 2 heterocycles. The number of fused-ring (bicyclic) bond motifs is 1. The van der Waals surface area contributed by atoms with Gasteiger partial charge in [-0.2, -0.15) is 0 Å². The van der Waals surface area contributed by atoms with Crippen molar-refractivity contribution in [3.63, 3.8) is 0 Å². The third kappa shape index (κ3) is 4.59. The highest BCUT2D eigenvalue weighted by Crippen LogP contribution is 2.30. The molecular formula is C21H23F2N3O3. The number of carbonyl (C=O) groups is 1. The molecule has 2 aromatic rings. The number of halogens is 2. The number of hydrogen-bond acceptors (Lipinski definition) is 5. The van der Waals surface area contributed by atoms with Crippen LogP contribution in [0.1, 0.15) is 54.4 Å². The van der Waals surface area contributed by atoms with Crippen LogP contribution in [0.5, 0.6) is 0 Å². The summed E-state index contributed by atoms with van der Waals surface area (Å²) in [5, 5.41) is 13.3. The van der Waals surface area contributed by atoms with Gasteiger partial charge in [0.05, 0.1) is 43.0 Å². The van der Waals surface area contributed by atoms with Crippen molar-refractivity contribution < 1.29 is 23.4 Å². The lowest BCUT2D eigenvalue weighted by Gasteiger charge is -2.30. The van der Waals surface area contributed by atoms with Crippen LogP contribution in [0.15, 0.2) is 41.4 Å². The number of methoxy groups -OCH3 is 1. The lowest BCUT2D eigenvalue weighted by Crippen LogP contribution is -2.42. The Morgan fingerprint density at radius 3 is 2.59 bits per heavy atom. The van der Waals surface area contributed by atoms with Crippen molar-refractivity contribution in [3.05, 3.63) is 64.5 Å². The molecule has 8 heteroatoms. The molecule has 0 unspecified atom stereocenters. The molecule has 0 saturated carbocycles. The van der Waals surface area contributed by atoms with Crippen molar-refractivity contribution >= 4 is 11.8 Å². The number of nitrogens with one attached hydrogen (secondary N) is 1. The number of amides is 1. The Morgan fingerprint density at radius 1 is 1.31 bits per heavy atom. The van der Waals surface area contributed by atoms with Crippen LogP contribution in [-0.2, 0) is 22.5 Å². The van der Waals surface area contributed by atoms with Gasteiger partial charge in [-0.05, 0) is 31.0 Å². The molecule has 0 aliphatic carbocycles. The van der Waals surface area contributed by atoms with Gasteiger partial charge >= 0.3 is 0 Å². The molecular weight excluding hydrogens is 380 g/mol. The van der Waals surface area contributed by atoms with Crippen LogP contribution < -0.4 is 5.32 Å². The average molecular weight is 403 g/mol. The minimum atomic E-state index is -2.82. The number of aliphatic hydroxyl groups is 1.